The van der Waals surface area contributed by atoms with Crippen LogP contribution in [0.4, 0.5) is 0 Å². The summed E-state index contributed by atoms with van der Waals surface area (Å²) >= 11 is 1.88. The van der Waals surface area contributed by atoms with Crippen molar-refractivity contribution in [1.82, 2.24) is 0 Å². The van der Waals surface area contributed by atoms with Gasteiger partial charge in [-0.2, -0.15) is 11.8 Å². The lowest BCUT2D eigenvalue weighted by Crippen LogP contribution is -2.39. The molecule has 0 aliphatic heterocycles. The van der Waals surface area contributed by atoms with E-state index in [-0.39, 0.29) is 17.4 Å². The number of aliphatic hydroxyl groups excluding tert-OH is 3. The number of thioether (sulfide) groups is 1. The van der Waals surface area contributed by atoms with E-state index in [1.807, 2.05) is 25.6 Å². The van der Waals surface area contributed by atoms with Crippen molar-refractivity contribution in [2.75, 3.05) is 5.75 Å². The molecule has 7 atom stereocenters. The second-order valence-electron chi connectivity index (χ2n) is 10.9. The Labute approximate surface area is 192 Å². The van der Waals surface area contributed by atoms with Crippen LogP contribution in [-0.2, 0) is 0 Å². The molecule has 0 heterocycles. The van der Waals surface area contributed by atoms with Gasteiger partial charge >= 0.3 is 0 Å². The molecule has 31 heavy (non-hydrogen) atoms. The van der Waals surface area contributed by atoms with Crippen LogP contribution in [0.25, 0.3) is 0 Å². The van der Waals surface area contributed by atoms with Crippen LogP contribution < -0.4 is 0 Å². The highest BCUT2D eigenvalue weighted by Gasteiger charge is 2.55. The maximum Gasteiger partial charge on any atom is 0.0811 e. The molecule has 0 bridgehead atoms. The van der Waals surface area contributed by atoms with Crippen molar-refractivity contribution in [1.29, 1.82) is 0 Å². The quantitative estimate of drug-likeness (QED) is 0.483. The molecule has 3 rings (SSSR count). The average molecular weight is 451 g/mol. The fourth-order valence-electron chi connectivity index (χ4n) is 6.20. The summed E-state index contributed by atoms with van der Waals surface area (Å²) in [6.07, 6.45) is 8.53. The summed E-state index contributed by atoms with van der Waals surface area (Å²) in [5, 5.41) is 41.6. The van der Waals surface area contributed by atoms with Crippen molar-refractivity contribution in [3.05, 3.63) is 35.5 Å². The number of rotatable bonds is 6. The van der Waals surface area contributed by atoms with E-state index < -0.39 is 17.8 Å². The summed E-state index contributed by atoms with van der Waals surface area (Å²) < 4.78 is 0. The van der Waals surface area contributed by atoms with Crippen LogP contribution in [0.5, 0.6) is 0 Å². The fraction of sp³-hybridized carbons (Fsp3) is 0.769. The third kappa shape index (κ3) is 5.67. The normalized spacial score (nSPS) is 40.4. The number of hydrogen-bond donors (Lipinski definition) is 4. The zero-order valence-corrected chi connectivity index (χ0v) is 20.5. The van der Waals surface area contributed by atoms with Crippen molar-refractivity contribution < 1.29 is 20.4 Å². The topological polar surface area (TPSA) is 80.9 Å². The van der Waals surface area contributed by atoms with Gasteiger partial charge in [0, 0.05) is 17.6 Å². The standard InChI is InChI=1S/C26H42O4S/c1-16-19(13-20(27)14-22(16)28)9-8-18-7-6-10-26(5)21(18)15-23(29)24(26)17(2)31-12-11-25(3,4)30/h8-9,17,20-24,27-30H,1,6-7,10-15H2,2-5H3/t17-,20-,21+,22+,23-,24+,26+/m1/s1. The lowest BCUT2D eigenvalue weighted by Gasteiger charge is -2.44. The van der Waals surface area contributed by atoms with E-state index in [2.05, 4.69) is 32.6 Å². The summed E-state index contributed by atoms with van der Waals surface area (Å²) in [6, 6.07) is 0. The first kappa shape index (κ1) is 25.0. The van der Waals surface area contributed by atoms with Crippen LogP contribution >= 0.6 is 11.8 Å². The molecule has 0 unspecified atom stereocenters. The van der Waals surface area contributed by atoms with Crippen LogP contribution in [0.2, 0.25) is 0 Å². The number of aliphatic hydroxyl groups is 4. The summed E-state index contributed by atoms with van der Waals surface area (Å²) in [4.78, 5) is 0. The summed E-state index contributed by atoms with van der Waals surface area (Å²) in [7, 11) is 0. The minimum absolute atomic E-state index is 0.0752. The highest BCUT2D eigenvalue weighted by Crippen LogP contribution is 2.59. The van der Waals surface area contributed by atoms with Crippen molar-refractivity contribution in [3.63, 3.8) is 0 Å². The molecule has 3 aliphatic carbocycles. The Bertz CT molecular complexity index is 721. The SMILES string of the molecule is C=C1C(=CC=C2CCC[C@]3(C)[C@@H]([C@@H](C)SCCC(C)(C)O)[C@H](O)C[C@@H]23)C[C@@H](O)C[C@@H]1O. The van der Waals surface area contributed by atoms with Crippen molar-refractivity contribution in [2.45, 2.75) is 102 Å². The van der Waals surface area contributed by atoms with Gasteiger partial charge in [-0.05, 0) is 80.6 Å². The Morgan fingerprint density at radius 1 is 1.23 bits per heavy atom. The van der Waals surface area contributed by atoms with Crippen LogP contribution in [0.15, 0.2) is 35.5 Å². The van der Waals surface area contributed by atoms with Gasteiger partial charge in [-0.3, -0.25) is 0 Å². The monoisotopic (exact) mass is 450 g/mol. The van der Waals surface area contributed by atoms with Crippen LogP contribution in [-0.4, -0.2) is 55.3 Å². The number of fused-ring (bicyclic) bond motifs is 1. The lowest BCUT2D eigenvalue weighted by molar-refractivity contribution is 0.0685. The smallest absolute Gasteiger partial charge is 0.0811 e. The maximum atomic E-state index is 11.1. The summed E-state index contributed by atoms with van der Waals surface area (Å²) in [6.45, 7) is 12.3. The second kappa shape index (κ2) is 9.72. The summed E-state index contributed by atoms with van der Waals surface area (Å²) in [5.74, 6) is 1.51. The van der Waals surface area contributed by atoms with E-state index in [4.69, 9.17) is 0 Å². The highest BCUT2D eigenvalue weighted by molar-refractivity contribution is 7.99. The molecule has 4 nitrogen and oxygen atoms in total. The Morgan fingerprint density at radius 3 is 2.61 bits per heavy atom. The molecule has 0 aromatic carbocycles. The molecule has 0 aromatic rings. The third-order valence-electron chi connectivity index (χ3n) is 7.94. The molecule has 5 heteroatoms. The van der Waals surface area contributed by atoms with Gasteiger partial charge in [-0.25, -0.2) is 0 Å². The first-order valence-corrected chi connectivity index (χ1v) is 12.9. The first-order chi connectivity index (χ1) is 14.4. The van der Waals surface area contributed by atoms with E-state index in [0.717, 1.165) is 49.0 Å². The van der Waals surface area contributed by atoms with Gasteiger partial charge in [-0.1, -0.05) is 38.2 Å². The molecular weight excluding hydrogens is 408 g/mol. The first-order valence-electron chi connectivity index (χ1n) is 11.9. The molecule has 3 aliphatic rings. The predicted molar refractivity (Wildman–Crippen MR) is 129 cm³/mol. The predicted octanol–water partition coefficient (Wildman–Crippen LogP) is 4.38. The van der Waals surface area contributed by atoms with E-state index in [1.54, 1.807) is 0 Å². The van der Waals surface area contributed by atoms with Gasteiger partial charge in [0.2, 0.25) is 0 Å². The molecule has 3 saturated carbocycles. The van der Waals surface area contributed by atoms with Crippen molar-refractivity contribution in [2.24, 2.45) is 17.3 Å². The fourth-order valence-corrected chi connectivity index (χ4v) is 7.89. The van der Waals surface area contributed by atoms with E-state index >= 15 is 0 Å². The number of hydrogen-bond acceptors (Lipinski definition) is 5. The van der Waals surface area contributed by atoms with E-state index in [0.29, 0.717) is 24.0 Å². The van der Waals surface area contributed by atoms with Crippen LogP contribution in [0.1, 0.15) is 72.6 Å². The second-order valence-corrected chi connectivity index (χ2v) is 12.4. The van der Waals surface area contributed by atoms with Gasteiger partial charge in [0.05, 0.1) is 23.9 Å². The maximum absolute atomic E-state index is 11.1. The minimum Gasteiger partial charge on any atom is -0.393 e. The molecule has 176 valence electrons. The van der Waals surface area contributed by atoms with Gasteiger partial charge < -0.3 is 20.4 Å². The highest BCUT2D eigenvalue weighted by atomic mass is 32.2. The molecule has 0 saturated heterocycles. The molecule has 0 spiro atoms. The average Bonchev–Trinajstić information content (AvgIpc) is 2.92. The van der Waals surface area contributed by atoms with E-state index in [1.165, 1.54) is 5.57 Å². The van der Waals surface area contributed by atoms with Crippen LogP contribution in [0, 0.1) is 17.3 Å². The Hall–Kier alpha value is -0.590. The van der Waals surface area contributed by atoms with Gasteiger partial charge in [0.25, 0.3) is 0 Å². The van der Waals surface area contributed by atoms with Crippen LogP contribution in [0.3, 0.4) is 0 Å². The van der Waals surface area contributed by atoms with Crippen molar-refractivity contribution in [3.8, 4) is 0 Å². The molecule has 0 aromatic heterocycles. The molecule has 0 radical (unpaired) electrons. The Balaban J connectivity index is 1.75. The van der Waals surface area contributed by atoms with Gasteiger partial charge in [-0.15, -0.1) is 0 Å². The Morgan fingerprint density at radius 2 is 1.94 bits per heavy atom. The molecule has 3 fully saturated rings. The minimum atomic E-state index is -0.663. The molecular formula is C26H42O4S. The number of allylic oxidation sites excluding steroid dienone is 3. The zero-order valence-electron chi connectivity index (χ0n) is 19.7. The Kier molecular flexibility index (Phi) is 7.85. The summed E-state index contributed by atoms with van der Waals surface area (Å²) in [5.41, 5.74) is 2.48. The van der Waals surface area contributed by atoms with Crippen molar-refractivity contribution >= 4 is 11.8 Å². The zero-order chi connectivity index (χ0) is 23.0. The molecule has 4 N–H and O–H groups in total. The van der Waals surface area contributed by atoms with Gasteiger partial charge in [0.15, 0.2) is 0 Å². The third-order valence-corrected chi connectivity index (χ3v) is 9.20. The largest absolute Gasteiger partial charge is 0.393 e. The van der Waals surface area contributed by atoms with E-state index in [9.17, 15) is 20.4 Å². The lowest BCUT2D eigenvalue weighted by atomic mass is 9.63. The van der Waals surface area contributed by atoms with Gasteiger partial charge in [0.1, 0.15) is 0 Å². The molecule has 0 amide bonds.